The van der Waals surface area contributed by atoms with Crippen molar-refractivity contribution in [2.24, 2.45) is 0 Å². The Kier molecular flexibility index (Phi) is 5.45. The van der Waals surface area contributed by atoms with Crippen LogP contribution < -0.4 is 0 Å². The van der Waals surface area contributed by atoms with Crippen LogP contribution in [0.4, 0.5) is 0 Å². The fraction of sp³-hybridized carbons (Fsp3) is 0.429. The number of halogens is 2. The number of hydrogen-bond acceptors (Lipinski definition) is 3. The van der Waals surface area contributed by atoms with E-state index in [1.807, 2.05) is 0 Å². The lowest BCUT2D eigenvalue weighted by Gasteiger charge is -2.32. The predicted octanol–water partition coefficient (Wildman–Crippen LogP) is 2.24. The number of carboxylic acids is 1. The number of aryl methyl sites for hydroxylation is 1. The number of nitrogens with zero attached hydrogens (tertiary/aromatic N) is 1. The molecule has 1 N–H and O–H groups in total. The number of ether oxygens (including phenoxy) is 1. The molecule has 7 heteroatoms. The Labute approximate surface area is 132 Å². The van der Waals surface area contributed by atoms with Crippen molar-refractivity contribution in [1.82, 2.24) is 4.90 Å². The number of aliphatic carboxylic acids is 1. The van der Waals surface area contributed by atoms with Crippen LogP contribution in [-0.4, -0.2) is 47.7 Å². The molecule has 5 nitrogen and oxygen atoms in total. The number of hydrogen-bond donors (Lipinski definition) is 1. The van der Waals surface area contributed by atoms with E-state index in [4.69, 9.17) is 33.0 Å². The second-order valence-electron chi connectivity index (χ2n) is 4.76. The average Bonchev–Trinajstić information content (AvgIpc) is 2.48. The van der Waals surface area contributed by atoms with Crippen LogP contribution in [0.2, 0.25) is 10.0 Å². The number of rotatable bonds is 4. The van der Waals surface area contributed by atoms with Crippen LogP contribution in [0.3, 0.4) is 0 Å². The first-order valence-corrected chi connectivity index (χ1v) is 7.28. The Bertz CT molecular complexity index is 550. The number of carboxylic acid groups (broad SMARTS) is 1. The molecule has 114 valence electrons. The molecule has 1 aromatic rings. The molecule has 0 radical (unpaired) electrons. The zero-order valence-electron chi connectivity index (χ0n) is 11.2. The Hall–Kier alpha value is -1.30. The summed E-state index contributed by atoms with van der Waals surface area (Å²) in [5.41, 5.74) is 0.887. The van der Waals surface area contributed by atoms with E-state index in [9.17, 15) is 9.59 Å². The van der Waals surface area contributed by atoms with Crippen molar-refractivity contribution >= 4 is 35.1 Å². The standard InChI is InChI=1S/C14H15Cl2NO4/c15-10-3-1-9(7-11(10)16)2-4-13(18)17-5-6-21-8-12(17)14(19)20/h1,3,7,12H,2,4-6,8H2,(H,19,20). The van der Waals surface area contributed by atoms with Crippen LogP contribution in [0.1, 0.15) is 12.0 Å². The van der Waals surface area contributed by atoms with Crippen molar-refractivity contribution in [2.75, 3.05) is 19.8 Å². The highest BCUT2D eigenvalue weighted by molar-refractivity contribution is 6.42. The molecule has 1 aliphatic heterocycles. The van der Waals surface area contributed by atoms with Crippen molar-refractivity contribution < 1.29 is 19.4 Å². The van der Waals surface area contributed by atoms with Crippen molar-refractivity contribution in [2.45, 2.75) is 18.9 Å². The van der Waals surface area contributed by atoms with Gasteiger partial charge in [0, 0.05) is 13.0 Å². The van der Waals surface area contributed by atoms with Gasteiger partial charge in [0.05, 0.1) is 23.3 Å². The van der Waals surface area contributed by atoms with E-state index < -0.39 is 12.0 Å². The van der Waals surface area contributed by atoms with Crippen LogP contribution in [0, 0.1) is 0 Å². The van der Waals surface area contributed by atoms with Gasteiger partial charge in [0.25, 0.3) is 0 Å². The van der Waals surface area contributed by atoms with E-state index in [2.05, 4.69) is 0 Å². The number of amides is 1. The number of carbonyl (C=O) groups is 2. The van der Waals surface area contributed by atoms with Gasteiger partial charge in [0.2, 0.25) is 5.91 Å². The van der Waals surface area contributed by atoms with E-state index in [-0.39, 0.29) is 18.9 Å². The van der Waals surface area contributed by atoms with E-state index in [0.29, 0.717) is 29.6 Å². The number of carbonyl (C=O) groups excluding carboxylic acids is 1. The first kappa shape index (κ1) is 16.1. The molecule has 0 bridgehead atoms. The first-order valence-electron chi connectivity index (χ1n) is 6.53. The Morgan fingerprint density at radius 2 is 2.10 bits per heavy atom. The molecule has 0 spiro atoms. The minimum Gasteiger partial charge on any atom is -0.480 e. The maximum absolute atomic E-state index is 12.2. The monoisotopic (exact) mass is 331 g/mol. The molecule has 1 fully saturated rings. The average molecular weight is 332 g/mol. The third-order valence-electron chi connectivity index (χ3n) is 3.35. The molecule has 1 amide bonds. The third kappa shape index (κ3) is 4.09. The van der Waals surface area contributed by atoms with Crippen molar-refractivity contribution in [3.05, 3.63) is 33.8 Å². The molecule has 0 aromatic heterocycles. The van der Waals surface area contributed by atoms with Crippen LogP contribution in [0.15, 0.2) is 18.2 Å². The summed E-state index contributed by atoms with van der Waals surface area (Å²) in [6, 6.07) is 4.29. The van der Waals surface area contributed by atoms with Crippen molar-refractivity contribution in [3.8, 4) is 0 Å². The Morgan fingerprint density at radius 1 is 1.33 bits per heavy atom. The molecular weight excluding hydrogens is 317 g/mol. The first-order chi connectivity index (χ1) is 9.99. The second-order valence-corrected chi connectivity index (χ2v) is 5.58. The Balaban J connectivity index is 1.96. The summed E-state index contributed by atoms with van der Waals surface area (Å²) in [5, 5.41) is 10.0. The minimum atomic E-state index is -1.04. The van der Waals surface area contributed by atoms with Crippen LogP contribution in [0.5, 0.6) is 0 Å². The van der Waals surface area contributed by atoms with Crippen molar-refractivity contribution in [1.29, 1.82) is 0 Å². The SMILES string of the molecule is O=C(O)C1COCCN1C(=O)CCc1ccc(Cl)c(Cl)c1. The highest BCUT2D eigenvalue weighted by Crippen LogP contribution is 2.23. The van der Waals surface area contributed by atoms with Gasteiger partial charge in [0.15, 0.2) is 6.04 Å². The number of benzene rings is 1. The highest BCUT2D eigenvalue weighted by Gasteiger charge is 2.32. The normalized spacial score (nSPS) is 18.6. The van der Waals surface area contributed by atoms with Gasteiger partial charge < -0.3 is 14.7 Å². The van der Waals surface area contributed by atoms with Gasteiger partial charge in [-0.05, 0) is 24.1 Å². The molecule has 0 aliphatic carbocycles. The van der Waals surface area contributed by atoms with E-state index >= 15 is 0 Å². The summed E-state index contributed by atoms with van der Waals surface area (Å²) in [6.45, 7) is 0.702. The van der Waals surface area contributed by atoms with Gasteiger partial charge in [0.1, 0.15) is 0 Å². The van der Waals surface area contributed by atoms with Crippen LogP contribution in [0.25, 0.3) is 0 Å². The van der Waals surface area contributed by atoms with E-state index in [1.54, 1.807) is 18.2 Å². The molecule has 1 saturated heterocycles. The van der Waals surface area contributed by atoms with Gasteiger partial charge in [-0.25, -0.2) is 4.79 Å². The molecule has 1 heterocycles. The fourth-order valence-electron chi connectivity index (χ4n) is 2.20. The lowest BCUT2D eigenvalue weighted by Crippen LogP contribution is -2.52. The van der Waals surface area contributed by atoms with E-state index in [1.165, 1.54) is 4.90 Å². The number of morpholine rings is 1. The van der Waals surface area contributed by atoms with Gasteiger partial charge >= 0.3 is 5.97 Å². The lowest BCUT2D eigenvalue weighted by molar-refractivity contribution is -0.158. The molecule has 21 heavy (non-hydrogen) atoms. The topological polar surface area (TPSA) is 66.8 Å². The van der Waals surface area contributed by atoms with Gasteiger partial charge in [-0.15, -0.1) is 0 Å². The van der Waals surface area contributed by atoms with Gasteiger partial charge in [-0.3, -0.25) is 4.79 Å². The minimum absolute atomic E-state index is 0.0356. The smallest absolute Gasteiger partial charge is 0.328 e. The predicted molar refractivity (Wildman–Crippen MR) is 78.7 cm³/mol. The summed E-state index contributed by atoms with van der Waals surface area (Å²) < 4.78 is 5.11. The molecule has 1 aliphatic rings. The summed E-state index contributed by atoms with van der Waals surface area (Å²) in [4.78, 5) is 24.7. The van der Waals surface area contributed by atoms with Gasteiger partial charge in [-0.2, -0.15) is 0 Å². The third-order valence-corrected chi connectivity index (χ3v) is 4.08. The largest absolute Gasteiger partial charge is 0.480 e. The summed E-state index contributed by atoms with van der Waals surface area (Å²) >= 11 is 11.8. The second kappa shape index (κ2) is 7.11. The maximum Gasteiger partial charge on any atom is 0.328 e. The molecule has 2 rings (SSSR count). The lowest BCUT2D eigenvalue weighted by atomic mass is 10.1. The fourth-order valence-corrected chi connectivity index (χ4v) is 2.52. The van der Waals surface area contributed by atoms with Crippen LogP contribution >= 0.6 is 23.2 Å². The molecule has 0 saturated carbocycles. The van der Waals surface area contributed by atoms with Crippen molar-refractivity contribution in [3.63, 3.8) is 0 Å². The van der Waals surface area contributed by atoms with Crippen LogP contribution in [-0.2, 0) is 20.7 Å². The highest BCUT2D eigenvalue weighted by atomic mass is 35.5. The zero-order valence-corrected chi connectivity index (χ0v) is 12.7. The summed E-state index contributed by atoms with van der Waals surface area (Å²) in [7, 11) is 0. The maximum atomic E-state index is 12.2. The quantitative estimate of drug-likeness (QED) is 0.918. The summed E-state index contributed by atoms with van der Waals surface area (Å²) in [6.07, 6.45) is 0.709. The molecule has 1 atom stereocenters. The van der Waals surface area contributed by atoms with Gasteiger partial charge in [-0.1, -0.05) is 29.3 Å². The molecule has 1 unspecified atom stereocenters. The summed E-state index contributed by atoms with van der Waals surface area (Å²) in [5.74, 6) is -1.24. The zero-order chi connectivity index (χ0) is 15.4. The van der Waals surface area contributed by atoms with E-state index in [0.717, 1.165) is 5.56 Å². The Morgan fingerprint density at radius 3 is 2.76 bits per heavy atom. The molecular formula is C14H15Cl2NO4. The molecule has 1 aromatic carbocycles.